The molecule has 106 valence electrons. The standard InChI is InChI=1S/C15H18N2O3/c1-8(2)10-6-11(14(18)5-9(10)3)13-7-12(15(19)20)16-17(13)4/h5-8,18H,1-4H3,(H,19,20). The number of carbonyl (C=O) groups is 1. The Hall–Kier alpha value is -2.30. The van der Waals surface area contributed by atoms with Gasteiger partial charge in [-0.2, -0.15) is 5.10 Å². The molecule has 1 aromatic carbocycles. The summed E-state index contributed by atoms with van der Waals surface area (Å²) in [5.41, 5.74) is 3.29. The summed E-state index contributed by atoms with van der Waals surface area (Å²) in [5.74, 6) is -0.629. The number of phenolic OH excluding ortho intramolecular Hbond substituents is 1. The average molecular weight is 274 g/mol. The smallest absolute Gasteiger partial charge is 0.356 e. The van der Waals surface area contributed by atoms with E-state index in [1.807, 2.05) is 13.0 Å². The minimum atomic E-state index is -1.08. The van der Waals surface area contributed by atoms with Gasteiger partial charge in [-0.15, -0.1) is 0 Å². The number of aromatic hydroxyl groups is 1. The molecule has 0 aliphatic carbocycles. The molecule has 0 radical (unpaired) electrons. The van der Waals surface area contributed by atoms with E-state index < -0.39 is 5.97 Å². The van der Waals surface area contributed by atoms with Crippen LogP contribution in [0.5, 0.6) is 5.75 Å². The number of aromatic nitrogens is 2. The Kier molecular flexibility index (Phi) is 3.53. The zero-order valence-corrected chi connectivity index (χ0v) is 12.0. The highest BCUT2D eigenvalue weighted by atomic mass is 16.4. The van der Waals surface area contributed by atoms with Crippen molar-refractivity contribution in [3.63, 3.8) is 0 Å². The van der Waals surface area contributed by atoms with Gasteiger partial charge in [0.15, 0.2) is 5.69 Å². The Balaban J connectivity index is 2.63. The van der Waals surface area contributed by atoms with E-state index in [1.54, 1.807) is 13.1 Å². The Morgan fingerprint density at radius 2 is 1.95 bits per heavy atom. The van der Waals surface area contributed by atoms with Crippen LogP contribution >= 0.6 is 0 Å². The summed E-state index contributed by atoms with van der Waals surface area (Å²) in [6.45, 7) is 6.11. The van der Waals surface area contributed by atoms with E-state index in [0.29, 0.717) is 17.2 Å². The molecule has 2 aromatic rings. The number of aromatic carboxylic acids is 1. The van der Waals surface area contributed by atoms with Gasteiger partial charge in [0.05, 0.1) is 5.69 Å². The van der Waals surface area contributed by atoms with E-state index in [9.17, 15) is 9.90 Å². The number of benzene rings is 1. The van der Waals surface area contributed by atoms with Crippen LogP contribution in [-0.2, 0) is 7.05 Å². The largest absolute Gasteiger partial charge is 0.507 e. The summed E-state index contributed by atoms with van der Waals surface area (Å²) in [7, 11) is 1.66. The molecule has 0 unspecified atom stereocenters. The molecule has 2 N–H and O–H groups in total. The molecule has 0 bridgehead atoms. The highest BCUT2D eigenvalue weighted by Crippen LogP contribution is 2.34. The third-order valence-corrected chi connectivity index (χ3v) is 3.38. The van der Waals surface area contributed by atoms with Crippen LogP contribution in [0.3, 0.4) is 0 Å². The molecule has 5 heteroatoms. The minimum absolute atomic E-state index is 0.0337. The van der Waals surface area contributed by atoms with E-state index in [2.05, 4.69) is 18.9 Å². The van der Waals surface area contributed by atoms with Crippen LogP contribution in [0.2, 0.25) is 0 Å². The first-order chi connectivity index (χ1) is 9.31. The van der Waals surface area contributed by atoms with Crippen molar-refractivity contribution >= 4 is 5.97 Å². The van der Waals surface area contributed by atoms with Crippen molar-refractivity contribution < 1.29 is 15.0 Å². The molecule has 0 aliphatic heterocycles. The van der Waals surface area contributed by atoms with Gasteiger partial charge < -0.3 is 10.2 Å². The first kappa shape index (κ1) is 14.1. The summed E-state index contributed by atoms with van der Waals surface area (Å²) in [5, 5.41) is 23.1. The molecular weight excluding hydrogens is 256 g/mol. The van der Waals surface area contributed by atoms with Crippen molar-refractivity contribution in [2.24, 2.45) is 7.05 Å². The molecule has 0 atom stereocenters. The number of hydrogen-bond acceptors (Lipinski definition) is 3. The Labute approximate surface area is 117 Å². The second-order valence-electron chi connectivity index (χ2n) is 5.22. The van der Waals surface area contributed by atoms with Gasteiger partial charge in [-0.1, -0.05) is 13.8 Å². The third-order valence-electron chi connectivity index (χ3n) is 3.38. The van der Waals surface area contributed by atoms with Crippen molar-refractivity contribution in [1.29, 1.82) is 0 Å². The second-order valence-corrected chi connectivity index (χ2v) is 5.22. The number of carboxylic acids is 1. The summed E-state index contributed by atoms with van der Waals surface area (Å²) < 4.78 is 1.47. The quantitative estimate of drug-likeness (QED) is 0.902. The van der Waals surface area contributed by atoms with Crippen LogP contribution in [0.4, 0.5) is 0 Å². The first-order valence-electron chi connectivity index (χ1n) is 6.42. The fourth-order valence-electron chi connectivity index (χ4n) is 2.36. The number of phenols is 1. The zero-order valence-electron chi connectivity index (χ0n) is 12.0. The third kappa shape index (κ3) is 2.39. The lowest BCUT2D eigenvalue weighted by molar-refractivity contribution is 0.0689. The SMILES string of the molecule is Cc1cc(O)c(-c2cc(C(=O)O)nn2C)cc1C(C)C. The molecular formula is C15H18N2O3. The van der Waals surface area contributed by atoms with Crippen LogP contribution in [-0.4, -0.2) is 26.0 Å². The highest BCUT2D eigenvalue weighted by molar-refractivity contribution is 5.87. The van der Waals surface area contributed by atoms with E-state index in [1.165, 1.54) is 10.7 Å². The second kappa shape index (κ2) is 5.00. The molecule has 0 spiro atoms. The number of aryl methyl sites for hydroxylation is 2. The Morgan fingerprint density at radius 1 is 1.30 bits per heavy atom. The predicted octanol–water partition coefficient (Wildman–Crippen LogP) is 2.92. The van der Waals surface area contributed by atoms with Gasteiger partial charge in [0.2, 0.25) is 0 Å². The number of hydrogen-bond donors (Lipinski definition) is 2. The summed E-state index contributed by atoms with van der Waals surface area (Å²) in [6.07, 6.45) is 0. The zero-order chi connectivity index (χ0) is 15.0. The molecule has 2 rings (SSSR count). The van der Waals surface area contributed by atoms with Gasteiger partial charge in [-0.3, -0.25) is 4.68 Å². The van der Waals surface area contributed by atoms with Crippen LogP contribution in [0.15, 0.2) is 18.2 Å². The maximum atomic E-state index is 11.0. The van der Waals surface area contributed by atoms with Crippen molar-refractivity contribution in [1.82, 2.24) is 9.78 Å². The summed E-state index contributed by atoms with van der Waals surface area (Å²) in [6, 6.07) is 5.08. The Bertz CT molecular complexity index is 672. The van der Waals surface area contributed by atoms with Gasteiger partial charge >= 0.3 is 5.97 Å². The average Bonchev–Trinajstić information content (AvgIpc) is 2.71. The molecule has 0 aliphatic rings. The van der Waals surface area contributed by atoms with E-state index >= 15 is 0 Å². The van der Waals surface area contributed by atoms with Gasteiger partial charge in [0, 0.05) is 12.6 Å². The van der Waals surface area contributed by atoms with Gasteiger partial charge in [0.1, 0.15) is 5.75 Å². The monoisotopic (exact) mass is 274 g/mol. The van der Waals surface area contributed by atoms with E-state index in [-0.39, 0.29) is 11.4 Å². The molecule has 0 saturated heterocycles. The molecule has 0 fully saturated rings. The van der Waals surface area contributed by atoms with Crippen molar-refractivity contribution in [3.8, 4) is 17.0 Å². The number of rotatable bonds is 3. The van der Waals surface area contributed by atoms with Crippen molar-refractivity contribution in [2.75, 3.05) is 0 Å². The lowest BCUT2D eigenvalue weighted by Gasteiger charge is -2.14. The van der Waals surface area contributed by atoms with E-state index in [0.717, 1.165) is 11.1 Å². The van der Waals surface area contributed by atoms with Crippen LogP contribution in [0, 0.1) is 6.92 Å². The maximum Gasteiger partial charge on any atom is 0.356 e. The molecule has 1 heterocycles. The minimum Gasteiger partial charge on any atom is -0.507 e. The van der Waals surface area contributed by atoms with Crippen LogP contribution in [0.25, 0.3) is 11.3 Å². The molecule has 0 saturated carbocycles. The van der Waals surface area contributed by atoms with Crippen molar-refractivity contribution in [3.05, 3.63) is 35.0 Å². The summed E-state index contributed by atoms with van der Waals surface area (Å²) in [4.78, 5) is 11.0. The maximum absolute atomic E-state index is 11.0. The normalized spacial score (nSPS) is 11.1. The number of nitrogens with zero attached hydrogens (tertiary/aromatic N) is 2. The first-order valence-corrected chi connectivity index (χ1v) is 6.42. The van der Waals surface area contributed by atoms with Crippen LogP contribution in [0.1, 0.15) is 41.4 Å². The van der Waals surface area contributed by atoms with E-state index in [4.69, 9.17) is 5.11 Å². The summed E-state index contributed by atoms with van der Waals surface area (Å²) >= 11 is 0. The fourth-order valence-corrected chi connectivity index (χ4v) is 2.36. The lowest BCUT2D eigenvalue weighted by atomic mass is 9.94. The fraction of sp³-hybridized carbons (Fsp3) is 0.333. The molecule has 1 aromatic heterocycles. The number of carboxylic acid groups (broad SMARTS) is 1. The molecule has 20 heavy (non-hydrogen) atoms. The van der Waals surface area contributed by atoms with Gasteiger partial charge in [0.25, 0.3) is 0 Å². The van der Waals surface area contributed by atoms with Gasteiger partial charge in [-0.25, -0.2) is 4.79 Å². The Morgan fingerprint density at radius 3 is 2.45 bits per heavy atom. The topological polar surface area (TPSA) is 75.3 Å². The lowest BCUT2D eigenvalue weighted by Crippen LogP contribution is -2.00. The van der Waals surface area contributed by atoms with Gasteiger partial charge in [-0.05, 0) is 42.2 Å². The molecule has 0 amide bonds. The predicted molar refractivity (Wildman–Crippen MR) is 76.1 cm³/mol. The van der Waals surface area contributed by atoms with Crippen molar-refractivity contribution in [2.45, 2.75) is 26.7 Å². The molecule has 5 nitrogen and oxygen atoms in total. The van der Waals surface area contributed by atoms with Crippen LogP contribution < -0.4 is 0 Å². The highest BCUT2D eigenvalue weighted by Gasteiger charge is 2.17.